The van der Waals surface area contributed by atoms with Crippen LogP contribution in [-0.2, 0) is 9.59 Å². The number of hydrogen-bond donors (Lipinski definition) is 3. The molecule has 0 spiro atoms. The molecule has 2 amide bonds. The van der Waals surface area contributed by atoms with Crippen LogP contribution in [0.5, 0.6) is 0 Å². The molecule has 17 heavy (non-hydrogen) atoms. The van der Waals surface area contributed by atoms with Gasteiger partial charge in [0.15, 0.2) is 0 Å². The van der Waals surface area contributed by atoms with Crippen molar-refractivity contribution >= 4 is 23.6 Å². The first kappa shape index (κ1) is 16.2. The standard InChI is InChI=1S/C11H23N3O2S/c1-7(2)13-9(5-17-6-10(12)15)11(16)14-8(3)4/h7-9,13H,5-6H2,1-4H3,(H2,12,15)(H,14,16). The molecule has 0 aliphatic heterocycles. The largest absolute Gasteiger partial charge is 0.369 e. The number of hydrogen-bond acceptors (Lipinski definition) is 4. The van der Waals surface area contributed by atoms with Gasteiger partial charge in [-0.25, -0.2) is 0 Å². The minimum atomic E-state index is -0.359. The minimum absolute atomic E-state index is 0.0364. The highest BCUT2D eigenvalue weighted by molar-refractivity contribution is 8.00. The number of carbonyl (C=O) groups is 2. The van der Waals surface area contributed by atoms with E-state index in [1.807, 2.05) is 27.7 Å². The summed E-state index contributed by atoms with van der Waals surface area (Å²) in [5.74, 6) is 0.387. The molecular weight excluding hydrogens is 238 g/mol. The number of thioether (sulfide) groups is 1. The van der Waals surface area contributed by atoms with Crippen molar-refractivity contribution in [1.82, 2.24) is 10.6 Å². The lowest BCUT2D eigenvalue weighted by atomic mass is 10.2. The van der Waals surface area contributed by atoms with Gasteiger partial charge in [0.2, 0.25) is 11.8 Å². The normalized spacial score (nSPS) is 12.8. The highest BCUT2D eigenvalue weighted by Crippen LogP contribution is 2.04. The van der Waals surface area contributed by atoms with Crippen molar-refractivity contribution in [2.45, 2.75) is 45.8 Å². The summed E-state index contributed by atoms with van der Waals surface area (Å²) in [7, 11) is 0. The SMILES string of the molecule is CC(C)NC(=O)C(CSCC(N)=O)NC(C)C. The van der Waals surface area contributed by atoms with Crippen LogP contribution >= 0.6 is 11.8 Å². The molecule has 0 aromatic carbocycles. The molecule has 0 bridgehead atoms. The van der Waals surface area contributed by atoms with E-state index in [0.717, 1.165) is 0 Å². The Hall–Kier alpha value is -0.750. The molecule has 6 heteroatoms. The zero-order valence-corrected chi connectivity index (χ0v) is 11.8. The van der Waals surface area contributed by atoms with Gasteiger partial charge in [-0.3, -0.25) is 9.59 Å². The number of nitrogens with two attached hydrogens (primary N) is 1. The summed E-state index contributed by atoms with van der Waals surface area (Å²) in [6, 6.07) is 0.0361. The maximum Gasteiger partial charge on any atom is 0.238 e. The number of primary amides is 1. The fourth-order valence-electron chi connectivity index (χ4n) is 1.26. The van der Waals surface area contributed by atoms with Gasteiger partial charge in [0, 0.05) is 17.8 Å². The van der Waals surface area contributed by atoms with E-state index in [1.54, 1.807) is 0 Å². The summed E-state index contributed by atoms with van der Waals surface area (Å²) in [4.78, 5) is 22.5. The van der Waals surface area contributed by atoms with Gasteiger partial charge < -0.3 is 16.4 Å². The molecule has 0 radical (unpaired) electrons. The first-order valence-electron chi connectivity index (χ1n) is 5.75. The topological polar surface area (TPSA) is 84.2 Å². The summed E-state index contributed by atoms with van der Waals surface area (Å²) >= 11 is 1.37. The van der Waals surface area contributed by atoms with E-state index < -0.39 is 0 Å². The Kier molecular flexibility index (Phi) is 7.99. The Bertz CT molecular complexity index is 257. The molecule has 0 saturated carbocycles. The molecule has 4 N–H and O–H groups in total. The first-order chi connectivity index (χ1) is 7.82. The van der Waals surface area contributed by atoms with E-state index in [4.69, 9.17) is 5.73 Å². The molecule has 1 unspecified atom stereocenters. The fraction of sp³-hybridized carbons (Fsp3) is 0.818. The van der Waals surface area contributed by atoms with E-state index in [9.17, 15) is 9.59 Å². The van der Waals surface area contributed by atoms with Gasteiger partial charge in [0.05, 0.1) is 11.8 Å². The highest BCUT2D eigenvalue weighted by atomic mass is 32.2. The summed E-state index contributed by atoms with van der Waals surface area (Å²) in [5.41, 5.74) is 5.06. The van der Waals surface area contributed by atoms with Crippen molar-refractivity contribution in [1.29, 1.82) is 0 Å². The van der Waals surface area contributed by atoms with Crippen LogP contribution in [0.1, 0.15) is 27.7 Å². The summed E-state index contributed by atoms with van der Waals surface area (Å²) < 4.78 is 0. The molecule has 0 aromatic heterocycles. The quantitative estimate of drug-likeness (QED) is 0.578. The smallest absolute Gasteiger partial charge is 0.238 e. The van der Waals surface area contributed by atoms with Crippen LogP contribution in [0.15, 0.2) is 0 Å². The zero-order chi connectivity index (χ0) is 13.4. The maximum absolute atomic E-state index is 11.9. The third-order valence-electron chi connectivity index (χ3n) is 1.81. The first-order valence-corrected chi connectivity index (χ1v) is 6.90. The van der Waals surface area contributed by atoms with Gasteiger partial charge in [-0.1, -0.05) is 13.8 Å². The van der Waals surface area contributed by atoms with Gasteiger partial charge in [0.1, 0.15) is 0 Å². The van der Waals surface area contributed by atoms with Gasteiger partial charge in [-0.05, 0) is 13.8 Å². The lowest BCUT2D eigenvalue weighted by molar-refractivity contribution is -0.123. The molecule has 0 rings (SSSR count). The van der Waals surface area contributed by atoms with E-state index in [0.29, 0.717) is 5.75 Å². The molecule has 0 aliphatic rings. The van der Waals surface area contributed by atoms with Crippen molar-refractivity contribution in [3.63, 3.8) is 0 Å². The van der Waals surface area contributed by atoms with Gasteiger partial charge in [0.25, 0.3) is 0 Å². The van der Waals surface area contributed by atoms with Crippen LogP contribution in [0.4, 0.5) is 0 Å². The van der Waals surface area contributed by atoms with Gasteiger partial charge in [-0.2, -0.15) is 0 Å². The zero-order valence-electron chi connectivity index (χ0n) is 10.9. The van der Waals surface area contributed by atoms with Gasteiger partial charge >= 0.3 is 0 Å². The molecule has 0 saturated heterocycles. The summed E-state index contributed by atoms with van der Waals surface area (Å²) in [6.07, 6.45) is 0. The Balaban J connectivity index is 4.21. The van der Waals surface area contributed by atoms with Crippen molar-refractivity contribution in [3.05, 3.63) is 0 Å². The maximum atomic E-state index is 11.9. The Labute approximate surface area is 107 Å². The van der Waals surface area contributed by atoms with Crippen LogP contribution in [0, 0.1) is 0 Å². The molecule has 100 valence electrons. The van der Waals surface area contributed by atoms with Crippen molar-refractivity contribution in [2.24, 2.45) is 5.73 Å². The predicted molar refractivity (Wildman–Crippen MR) is 71.9 cm³/mol. The van der Waals surface area contributed by atoms with Crippen LogP contribution in [0.3, 0.4) is 0 Å². The second-order valence-corrected chi connectivity index (χ2v) is 5.55. The second-order valence-electron chi connectivity index (χ2n) is 4.52. The van der Waals surface area contributed by atoms with Crippen molar-refractivity contribution in [2.75, 3.05) is 11.5 Å². The number of carbonyl (C=O) groups excluding carboxylic acids is 2. The van der Waals surface area contributed by atoms with E-state index in [1.165, 1.54) is 11.8 Å². The van der Waals surface area contributed by atoms with E-state index in [-0.39, 0.29) is 35.7 Å². The van der Waals surface area contributed by atoms with E-state index >= 15 is 0 Å². The summed E-state index contributed by atoms with van der Waals surface area (Å²) in [6.45, 7) is 7.80. The molecule has 0 heterocycles. The van der Waals surface area contributed by atoms with Crippen molar-refractivity contribution < 1.29 is 9.59 Å². The average molecular weight is 261 g/mol. The summed E-state index contributed by atoms with van der Waals surface area (Å²) in [5, 5.41) is 6.03. The Morgan fingerprint density at radius 1 is 1.18 bits per heavy atom. The van der Waals surface area contributed by atoms with Crippen LogP contribution < -0.4 is 16.4 Å². The predicted octanol–water partition coefficient (Wildman–Crippen LogP) is 0.0961. The second kappa shape index (κ2) is 8.36. The number of rotatable bonds is 8. The fourth-order valence-corrected chi connectivity index (χ4v) is 2.07. The van der Waals surface area contributed by atoms with Crippen LogP contribution in [-0.4, -0.2) is 41.4 Å². The Morgan fingerprint density at radius 2 is 1.76 bits per heavy atom. The third-order valence-corrected chi connectivity index (χ3v) is 2.87. The minimum Gasteiger partial charge on any atom is -0.369 e. The molecule has 0 fully saturated rings. The van der Waals surface area contributed by atoms with Gasteiger partial charge in [-0.15, -0.1) is 11.8 Å². The third kappa shape index (κ3) is 9.00. The number of amides is 2. The monoisotopic (exact) mass is 261 g/mol. The molecule has 1 atom stereocenters. The van der Waals surface area contributed by atoms with Crippen LogP contribution in [0.25, 0.3) is 0 Å². The van der Waals surface area contributed by atoms with Crippen molar-refractivity contribution in [3.8, 4) is 0 Å². The Morgan fingerprint density at radius 3 is 2.18 bits per heavy atom. The average Bonchev–Trinajstić information content (AvgIpc) is 2.13. The van der Waals surface area contributed by atoms with E-state index in [2.05, 4.69) is 10.6 Å². The highest BCUT2D eigenvalue weighted by Gasteiger charge is 2.19. The number of nitrogens with one attached hydrogen (secondary N) is 2. The molecule has 5 nitrogen and oxygen atoms in total. The van der Waals surface area contributed by atoms with Crippen LogP contribution in [0.2, 0.25) is 0 Å². The molecule has 0 aromatic rings. The molecule has 0 aliphatic carbocycles. The lowest BCUT2D eigenvalue weighted by Gasteiger charge is -2.21. The lowest BCUT2D eigenvalue weighted by Crippen LogP contribution is -2.50. The molecular formula is C11H23N3O2S.